The number of nitrogens with zero attached hydrogens (tertiary/aromatic N) is 2. The molecular formula is C13H21N3O2S. The summed E-state index contributed by atoms with van der Waals surface area (Å²) < 4.78 is 5.43. The van der Waals surface area contributed by atoms with Crippen LogP contribution in [0.4, 0.5) is 4.79 Å². The summed E-state index contributed by atoms with van der Waals surface area (Å²) in [5.41, 5.74) is 5.76. The molecule has 1 aromatic heterocycles. The van der Waals surface area contributed by atoms with Gasteiger partial charge in [-0.05, 0) is 33.6 Å². The molecule has 0 aliphatic carbocycles. The number of amides is 1. The highest BCUT2D eigenvalue weighted by Crippen LogP contribution is 2.29. The Balaban J connectivity index is 2.06. The summed E-state index contributed by atoms with van der Waals surface area (Å²) in [5.74, 6) is 0. The van der Waals surface area contributed by atoms with Crippen molar-refractivity contribution in [1.82, 2.24) is 9.88 Å². The molecule has 1 aliphatic heterocycles. The van der Waals surface area contributed by atoms with E-state index in [9.17, 15) is 4.79 Å². The second-order valence-electron chi connectivity index (χ2n) is 5.78. The van der Waals surface area contributed by atoms with E-state index in [2.05, 4.69) is 4.98 Å². The highest BCUT2D eigenvalue weighted by molar-refractivity contribution is 7.09. The van der Waals surface area contributed by atoms with Gasteiger partial charge in [-0.3, -0.25) is 0 Å². The standard InChI is InChI=1S/C13H21N3O2S/c1-13(2,3)18-12(17)16-7-4-5-9(16)10(14)11-15-6-8-19-11/h6,8-10H,4-5,7,14H2,1-3H3. The number of nitrogens with two attached hydrogens (primary N) is 1. The number of carbonyl (C=O) groups excluding carboxylic acids is 1. The zero-order valence-corrected chi connectivity index (χ0v) is 12.4. The molecule has 1 fully saturated rings. The van der Waals surface area contributed by atoms with Crippen molar-refractivity contribution in [3.63, 3.8) is 0 Å². The Morgan fingerprint density at radius 2 is 2.37 bits per heavy atom. The normalized spacial score (nSPS) is 21.5. The van der Waals surface area contributed by atoms with Gasteiger partial charge < -0.3 is 15.4 Å². The van der Waals surface area contributed by atoms with Gasteiger partial charge >= 0.3 is 6.09 Å². The van der Waals surface area contributed by atoms with Crippen molar-refractivity contribution in [2.75, 3.05) is 6.54 Å². The summed E-state index contributed by atoms with van der Waals surface area (Å²) in [6.07, 6.45) is 3.33. The lowest BCUT2D eigenvalue weighted by Gasteiger charge is -2.30. The van der Waals surface area contributed by atoms with Crippen molar-refractivity contribution in [2.24, 2.45) is 5.73 Å². The van der Waals surface area contributed by atoms with E-state index in [1.807, 2.05) is 26.2 Å². The molecule has 2 N–H and O–H groups in total. The Hall–Kier alpha value is -1.14. The maximum atomic E-state index is 12.2. The van der Waals surface area contributed by atoms with Crippen molar-refractivity contribution >= 4 is 17.4 Å². The van der Waals surface area contributed by atoms with Crippen molar-refractivity contribution in [3.05, 3.63) is 16.6 Å². The van der Waals surface area contributed by atoms with E-state index in [1.165, 1.54) is 11.3 Å². The van der Waals surface area contributed by atoms with Crippen molar-refractivity contribution in [1.29, 1.82) is 0 Å². The molecule has 2 rings (SSSR count). The number of hydrogen-bond acceptors (Lipinski definition) is 5. The van der Waals surface area contributed by atoms with E-state index >= 15 is 0 Å². The summed E-state index contributed by atoms with van der Waals surface area (Å²) in [4.78, 5) is 18.2. The third kappa shape index (κ3) is 3.45. The molecule has 0 saturated carbocycles. The van der Waals surface area contributed by atoms with Gasteiger partial charge in [0, 0.05) is 18.1 Å². The molecule has 1 aliphatic rings. The molecule has 0 spiro atoms. The second kappa shape index (κ2) is 5.46. The number of likely N-dealkylation sites (tertiary alicyclic amines) is 1. The summed E-state index contributed by atoms with van der Waals surface area (Å²) in [6, 6.07) is -0.240. The average Bonchev–Trinajstić information content (AvgIpc) is 2.97. The van der Waals surface area contributed by atoms with Gasteiger partial charge in [-0.25, -0.2) is 9.78 Å². The molecule has 1 amide bonds. The highest BCUT2D eigenvalue weighted by atomic mass is 32.1. The molecule has 0 radical (unpaired) electrons. The fourth-order valence-corrected chi connectivity index (χ4v) is 2.97. The zero-order valence-electron chi connectivity index (χ0n) is 11.6. The monoisotopic (exact) mass is 283 g/mol. The second-order valence-corrected chi connectivity index (χ2v) is 6.71. The fraction of sp³-hybridized carbons (Fsp3) is 0.692. The van der Waals surface area contributed by atoms with Crippen LogP contribution in [0.15, 0.2) is 11.6 Å². The molecule has 2 heterocycles. The quantitative estimate of drug-likeness (QED) is 0.905. The Labute approximate surface area is 117 Å². The smallest absolute Gasteiger partial charge is 0.410 e. The molecule has 0 aromatic carbocycles. The van der Waals surface area contributed by atoms with Crippen LogP contribution in [0.2, 0.25) is 0 Å². The van der Waals surface area contributed by atoms with E-state index in [0.717, 1.165) is 17.8 Å². The lowest BCUT2D eigenvalue weighted by Crippen LogP contribution is -2.44. The number of carbonyl (C=O) groups is 1. The van der Waals surface area contributed by atoms with Crippen molar-refractivity contribution in [3.8, 4) is 0 Å². The largest absolute Gasteiger partial charge is 0.444 e. The zero-order chi connectivity index (χ0) is 14.0. The lowest BCUT2D eigenvalue weighted by molar-refractivity contribution is 0.0206. The third-order valence-corrected chi connectivity index (χ3v) is 3.96. The van der Waals surface area contributed by atoms with E-state index in [1.54, 1.807) is 11.1 Å². The lowest BCUT2D eigenvalue weighted by atomic mass is 10.1. The summed E-state index contributed by atoms with van der Waals surface area (Å²) >= 11 is 1.53. The third-order valence-electron chi connectivity index (χ3n) is 3.08. The van der Waals surface area contributed by atoms with Crippen molar-refractivity contribution < 1.29 is 9.53 Å². The number of thiazole rings is 1. The van der Waals surface area contributed by atoms with Crippen LogP contribution < -0.4 is 5.73 Å². The molecule has 1 aromatic rings. The van der Waals surface area contributed by atoms with Crippen LogP contribution in [0.5, 0.6) is 0 Å². The van der Waals surface area contributed by atoms with Crippen LogP contribution in [0.1, 0.15) is 44.7 Å². The van der Waals surface area contributed by atoms with E-state index < -0.39 is 5.60 Å². The maximum Gasteiger partial charge on any atom is 0.410 e. The first-order valence-electron chi connectivity index (χ1n) is 6.53. The fourth-order valence-electron chi connectivity index (χ4n) is 2.28. The first-order chi connectivity index (χ1) is 8.88. The molecular weight excluding hydrogens is 262 g/mol. The van der Waals surface area contributed by atoms with Gasteiger partial charge in [0.1, 0.15) is 10.6 Å². The van der Waals surface area contributed by atoms with Crippen LogP contribution in [-0.4, -0.2) is 34.2 Å². The molecule has 1 saturated heterocycles. The first-order valence-corrected chi connectivity index (χ1v) is 7.41. The van der Waals surface area contributed by atoms with Crippen LogP contribution in [0.25, 0.3) is 0 Å². The van der Waals surface area contributed by atoms with Gasteiger partial charge in [0.25, 0.3) is 0 Å². The average molecular weight is 283 g/mol. The topological polar surface area (TPSA) is 68.5 Å². The first kappa shape index (κ1) is 14.3. The summed E-state index contributed by atoms with van der Waals surface area (Å²) in [5, 5.41) is 2.78. The molecule has 19 heavy (non-hydrogen) atoms. The summed E-state index contributed by atoms with van der Waals surface area (Å²) in [7, 11) is 0. The Bertz CT molecular complexity index is 428. The van der Waals surface area contributed by atoms with Gasteiger partial charge in [-0.15, -0.1) is 11.3 Å². The summed E-state index contributed by atoms with van der Waals surface area (Å²) in [6.45, 7) is 6.32. The molecule has 6 heteroatoms. The van der Waals surface area contributed by atoms with Gasteiger partial charge in [-0.2, -0.15) is 0 Å². The van der Waals surface area contributed by atoms with E-state index in [4.69, 9.17) is 10.5 Å². The van der Waals surface area contributed by atoms with Gasteiger partial charge in [0.2, 0.25) is 0 Å². The van der Waals surface area contributed by atoms with Crippen LogP contribution >= 0.6 is 11.3 Å². The van der Waals surface area contributed by atoms with Gasteiger partial charge in [0.15, 0.2) is 0 Å². The number of aromatic nitrogens is 1. The van der Waals surface area contributed by atoms with Crippen molar-refractivity contribution in [2.45, 2.75) is 51.3 Å². The van der Waals surface area contributed by atoms with Gasteiger partial charge in [-0.1, -0.05) is 0 Å². The minimum absolute atomic E-state index is 0.0130. The highest BCUT2D eigenvalue weighted by Gasteiger charge is 2.36. The van der Waals surface area contributed by atoms with Gasteiger partial charge in [0.05, 0.1) is 12.1 Å². The van der Waals surface area contributed by atoms with Crippen LogP contribution in [0.3, 0.4) is 0 Å². The van der Waals surface area contributed by atoms with Crippen LogP contribution in [-0.2, 0) is 4.74 Å². The molecule has 2 atom stereocenters. The predicted molar refractivity (Wildman–Crippen MR) is 75.0 cm³/mol. The number of ether oxygens (including phenoxy) is 1. The number of hydrogen-bond donors (Lipinski definition) is 1. The predicted octanol–water partition coefficient (Wildman–Crippen LogP) is 2.54. The minimum Gasteiger partial charge on any atom is -0.444 e. The Morgan fingerprint density at radius 1 is 1.63 bits per heavy atom. The molecule has 0 bridgehead atoms. The SMILES string of the molecule is CC(C)(C)OC(=O)N1CCCC1C(N)c1nccs1. The molecule has 2 unspecified atom stereocenters. The van der Waals surface area contributed by atoms with E-state index in [-0.39, 0.29) is 18.2 Å². The van der Waals surface area contributed by atoms with E-state index in [0.29, 0.717) is 6.54 Å². The Kier molecular flexibility index (Phi) is 4.10. The number of rotatable bonds is 2. The maximum absolute atomic E-state index is 12.2. The minimum atomic E-state index is -0.477. The van der Waals surface area contributed by atoms with Crippen LogP contribution in [0, 0.1) is 0 Å². The Morgan fingerprint density at radius 3 is 2.95 bits per heavy atom. The molecule has 106 valence electrons. The molecule has 5 nitrogen and oxygen atoms in total.